The molecule has 4 nitrogen and oxygen atoms in total. The highest BCUT2D eigenvalue weighted by atomic mass is 32.1. The third-order valence-corrected chi connectivity index (χ3v) is 3.21. The summed E-state index contributed by atoms with van der Waals surface area (Å²) in [5.41, 5.74) is 5.51. The second kappa shape index (κ2) is 7.17. The molecular formula is C11H24N4S. The third kappa shape index (κ3) is 5.75. The number of piperazine rings is 1. The fourth-order valence-corrected chi connectivity index (χ4v) is 1.94. The van der Waals surface area contributed by atoms with E-state index in [-0.39, 0.29) is 0 Å². The molecule has 0 radical (unpaired) electrons. The molecule has 0 aromatic heterocycles. The van der Waals surface area contributed by atoms with Gasteiger partial charge in [0.1, 0.15) is 0 Å². The monoisotopic (exact) mass is 244 g/mol. The molecule has 94 valence electrons. The van der Waals surface area contributed by atoms with E-state index in [0.717, 1.165) is 32.6 Å². The summed E-state index contributed by atoms with van der Waals surface area (Å²) < 4.78 is 0. The number of nitrogens with two attached hydrogens (primary N) is 1. The van der Waals surface area contributed by atoms with Crippen molar-refractivity contribution < 1.29 is 0 Å². The lowest BCUT2D eigenvalue weighted by Crippen LogP contribution is -2.48. The first kappa shape index (κ1) is 13.8. The summed E-state index contributed by atoms with van der Waals surface area (Å²) in [6.45, 7) is 7.99. The van der Waals surface area contributed by atoms with Crippen LogP contribution in [0.1, 0.15) is 6.42 Å². The van der Waals surface area contributed by atoms with Crippen molar-refractivity contribution >= 4 is 17.2 Å². The van der Waals surface area contributed by atoms with Crippen molar-refractivity contribution in [2.45, 2.75) is 6.42 Å². The molecule has 0 aliphatic carbocycles. The lowest BCUT2D eigenvalue weighted by Gasteiger charge is -2.35. The van der Waals surface area contributed by atoms with E-state index < -0.39 is 0 Å². The second-order valence-electron chi connectivity index (χ2n) is 4.70. The minimum atomic E-state index is 0.634. The quantitative estimate of drug-likeness (QED) is 0.657. The van der Waals surface area contributed by atoms with Crippen LogP contribution in [-0.2, 0) is 0 Å². The van der Waals surface area contributed by atoms with Crippen LogP contribution in [0.25, 0.3) is 0 Å². The highest BCUT2D eigenvalue weighted by molar-refractivity contribution is 7.80. The fourth-order valence-electron chi connectivity index (χ4n) is 1.85. The van der Waals surface area contributed by atoms with Crippen molar-refractivity contribution in [1.29, 1.82) is 0 Å². The van der Waals surface area contributed by atoms with Crippen molar-refractivity contribution in [3.8, 4) is 0 Å². The van der Waals surface area contributed by atoms with Gasteiger partial charge in [-0.15, -0.1) is 0 Å². The van der Waals surface area contributed by atoms with Crippen LogP contribution in [0.15, 0.2) is 0 Å². The SMILES string of the molecule is CN(C)CCN1CCN(CCC(N)=S)CC1. The van der Waals surface area contributed by atoms with Crippen molar-refractivity contribution in [1.82, 2.24) is 14.7 Å². The fraction of sp³-hybridized carbons (Fsp3) is 0.909. The van der Waals surface area contributed by atoms with E-state index in [4.69, 9.17) is 18.0 Å². The van der Waals surface area contributed by atoms with Gasteiger partial charge in [-0.05, 0) is 14.1 Å². The molecule has 2 N–H and O–H groups in total. The van der Waals surface area contributed by atoms with Gasteiger partial charge in [0.05, 0.1) is 4.99 Å². The Hall–Kier alpha value is -0.230. The zero-order chi connectivity index (χ0) is 12.0. The van der Waals surface area contributed by atoms with Crippen molar-refractivity contribution in [2.24, 2.45) is 5.73 Å². The van der Waals surface area contributed by atoms with Gasteiger partial charge in [0, 0.05) is 52.2 Å². The van der Waals surface area contributed by atoms with Gasteiger partial charge in [-0.3, -0.25) is 4.90 Å². The Labute approximate surface area is 104 Å². The molecule has 0 atom stereocenters. The molecule has 16 heavy (non-hydrogen) atoms. The highest BCUT2D eigenvalue weighted by Gasteiger charge is 2.16. The van der Waals surface area contributed by atoms with Crippen LogP contribution in [-0.4, -0.2) is 79.6 Å². The summed E-state index contributed by atoms with van der Waals surface area (Å²) >= 11 is 4.89. The molecule has 5 heteroatoms. The molecule has 0 unspecified atom stereocenters. The Morgan fingerprint density at radius 1 is 1.12 bits per heavy atom. The van der Waals surface area contributed by atoms with E-state index in [9.17, 15) is 0 Å². The van der Waals surface area contributed by atoms with Crippen LogP contribution in [0.5, 0.6) is 0 Å². The zero-order valence-corrected chi connectivity index (χ0v) is 11.3. The summed E-state index contributed by atoms with van der Waals surface area (Å²) in [6.07, 6.45) is 0.854. The third-order valence-electron chi connectivity index (χ3n) is 3.00. The van der Waals surface area contributed by atoms with Gasteiger partial charge >= 0.3 is 0 Å². The highest BCUT2D eigenvalue weighted by Crippen LogP contribution is 2.02. The number of hydrogen-bond donors (Lipinski definition) is 1. The van der Waals surface area contributed by atoms with Crippen molar-refractivity contribution in [3.05, 3.63) is 0 Å². The predicted octanol–water partition coefficient (Wildman–Crippen LogP) is -0.158. The Morgan fingerprint density at radius 2 is 1.62 bits per heavy atom. The van der Waals surface area contributed by atoms with E-state index in [0.29, 0.717) is 4.99 Å². The molecule has 0 saturated carbocycles. The van der Waals surface area contributed by atoms with Crippen LogP contribution in [0, 0.1) is 0 Å². The van der Waals surface area contributed by atoms with Crippen LogP contribution in [0.2, 0.25) is 0 Å². The van der Waals surface area contributed by atoms with Gasteiger partial charge in [0.2, 0.25) is 0 Å². The lowest BCUT2D eigenvalue weighted by atomic mass is 10.3. The Morgan fingerprint density at radius 3 is 2.06 bits per heavy atom. The summed E-state index contributed by atoms with van der Waals surface area (Å²) in [5, 5.41) is 0. The van der Waals surface area contributed by atoms with E-state index in [1.54, 1.807) is 0 Å². The summed E-state index contributed by atoms with van der Waals surface area (Å²) in [5.74, 6) is 0. The molecule has 1 aliphatic rings. The van der Waals surface area contributed by atoms with Crippen LogP contribution < -0.4 is 5.73 Å². The maximum Gasteiger partial charge on any atom is 0.0740 e. The molecule has 1 fully saturated rings. The average molecular weight is 244 g/mol. The first-order valence-electron chi connectivity index (χ1n) is 5.95. The van der Waals surface area contributed by atoms with Gasteiger partial charge < -0.3 is 15.5 Å². The van der Waals surface area contributed by atoms with Gasteiger partial charge in [-0.25, -0.2) is 0 Å². The maximum atomic E-state index is 5.51. The molecule has 0 spiro atoms. The van der Waals surface area contributed by atoms with Gasteiger partial charge in [0.25, 0.3) is 0 Å². The summed E-state index contributed by atoms with van der Waals surface area (Å²) in [6, 6.07) is 0. The standard InChI is InChI=1S/C11H24N4S/c1-13(2)5-6-15-9-7-14(8-10-15)4-3-11(12)16/h3-10H2,1-2H3,(H2,12,16). The van der Waals surface area contributed by atoms with Gasteiger partial charge in [-0.2, -0.15) is 0 Å². The zero-order valence-electron chi connectivity index (χ0n) is 10.5. The molecule has 1 heterocycles. The molecule has 0 amide bonds. The molecule has 0 bridgehead atoms. The number of thiocarbonyl (C=S) groups is 1. The minimum Gasteiger partial charge on any atom is -0.393 e. The molecule has 0 aromatic rings. The minimum absolute atomic E-state index is 0.634. The van der Waals surface area contributed by atoms with Crippen LogP contribution in [0.4, 0.5) is 0 Å². The lowest BCUT2D eigenvalue weighted by molar-refractivity contribution is 0.128. The molecular weight excluding hydrogens is 220 g/mol. The Kier molecular flexibility index (Phi) is 6.20. The van der Waals surface area contributed by atoms with Crippen molar-refractivity contribution in [3.63, 3.8) is 0 Å². The smallest absolute Gasteiger partial charge is 0.0740 e. The maximum absolute atomic E-state index is 5.51. The Bertz CT molecular complexity index is 212. The second-order valence-corrected chi connectivity index (χ2v) is 5.23. The van der Waals surface area contributed by atoms with E-state index in [2.05, 4.69) is 28.8 Å². The molecule has 1 saturated heterocycles. The van der Waals surface area contributed by atoms with E-state index >= 15 is 0 Å². The predicted molar refractivity (Wildman–Crippen MR) is 72.8 cm³/mol. The van der Waals surface area contributed by atoms with E-state index in [1.807, 2.05) is 0 Å². The average Bonchev–Trinajstić information content (AvgIpc) is 2.25. The summed E-state index contributed by atoms with van der Waals surface area (Å²) in [7, 11) is 4.25. The molecule has 1 rings (SSSR count). The number of rotatable bonds is 6. The topological polar surface area (TPSA) is 35.7 Å². The first-order chi connectivity index (χ1) is 7.58. The number of hydrogen-bond acceptors (Lipinski definition) is 4. The number of likely N-dealkylation sites (N-methyl/N-ethyl adjacent to an activating group) is 1. The van der Waals surface area contributed by atoms with Gasteiger partial charge in [-0.1, -0.05) is 12.2 Å². The normalized spacial score (nSPS) is 19.2. The molecule has 0 aromatic carbocycles. The Balaban J connectivity index is 2.11. The van der Waals surface area contributed by atoms with Gasteiger partial charge in [0.15, 0.2) is 0 Å². The summed E-state index contributed by atoms with van der Waals surface area (Å²) in [4.78, 5) is 7.84. The molecule has 1 aliphatic heterocycles. The van der Waals surface area contributed by atoms with Crippen molar-refractivity contribution in [2.75, 3.05) is 59.9 Å². The number of nitrogens with zero attached hydrogens (tertiary/aromatic N) is 3. The van der Waals surface area contributed by atoms with E-state index in [1.165, 1.54) is 19.6 Å². The van der Waals surface area contributed by atoms with Crippen LogP contribution >= 0.6 is 12.2 Å². The largest absolute Gasteiger partial charge is 0.393 e. The van der Waals surface area contributed by atoms with Crippen LogP contribution in [0.3, 0.4) is 0 Å². The first-order valence-corrected chi connectivity index (χ1v) is 6.36.